The van der Waals surface area contributed by atoms with E-state index in [0.717, 1.165) is 16.6 Å². The third kappa shape index (κ3) is 4.27. The number of fused-ring (bicyclic) bond motifs is 1. The third-order valence-corrected chi connectivity index (χ3v) is 4.02. The Balaban J connectivity index is 1.53. The molecule has 0 spiro atoms. The van der Waals surface area contributed by atoms with Crippen LogP contribution in [-0.4, -0.2) is 42.0 Å². The van der Waals surface area contributed by atoms with Gasteiger partial charge in [-0.3, -0.25) is 14.9 Å². The van der Waals surface area contributed by atoms with Crippen LogP contribution >= 0.6 is 0 Å². The lowest BCUT2D eigenvalue weighted by Crippen LogP contribution is -2.48. The molecule has 0 radical (unpaired) electrons. The molecule has 2 aromatic rings. The van der Waals surface area contributed by atoms with Gasteiger partial charge < -0.3 is 15.4 Å². The Hall–Kier alpha value is -3.16. The molecule has 1 saturated heterocycles. The summed E-state index contributed by atoms with van der Waals surface area (Å²) < 4.78 is 5.74. The highest BCUT2D eigenvalue weighted by Crippen LogP contribution is 2.23. The molecule has 8 nitrogen and oxygen atoms in total. The quantitative estimate of drug-likeness (QED) is 0.693. The van der Waals surface area contributed by atoms with Crippen LogP contribution < -0.4 is 20.7 Å². The number of pyridine rings is 1. The van der Waals surface area contributed by atoms with E-state index in [4.69, 9.17) is 4.74 Å². The maximum absolute atomic E-state index is 12.1. The molecule has 1 aromatic carbocycles. The van der Waals surface area contributed by atoms with Gasteiger partial charge in [-0.25, -0.2) is 9.78 Å². The normalized spacial score (nSPS) is 17.2. The van der Waals surface area contributed by atoms with Crippen LogP contribution in [0.1, 0.15) is 18.5 Å². The van der Waals surface area contributed by atoms with E-state index < -0.39 is 12.1 Å². The van der Waals surface area contributed by atoms with Crippen molar-refractivity contribution >= 4 is 28.7 Å². The minimum absolute atomic E-state index is 0.119. The summed E-state index contributed by atoms with van der Waals surface area (Å²) in [5.41, 5.74) is 1.67. The maximum atomic E-state index is 12.1. The van der Waals surface area contributed by atoms with Crippen molar-refractivity contribution in [3.05, 3.63) is 36.0 Å². The topological polar surface area (TPSA) is 109 Å². The van der Waals surface area contributed by atoms with Gasteiger partial charge in [-0.05, 0) is 25.5 Å². The number of aryl methyl sites for hydroxylation is 1. The van der Waals surface area contributed by atoms with Crippen LogP contribution in [0.15, 0.2) is 30.3 Å². The number of rotatable bonds is 5. The number of amides is 4. The number of nitrogens with one attached hydrogen (secondary N) is 3. The number of aromatic nitrogens is 1. The number of urea groups is 1. The minimum Gasteiger partial charge on any atom is -0.489 e. The molecule has 2 heterocycles. The van der Waals surface area contributed by atoms with E-state index in [1.807, 2.05) is 37.3 Å². The molecule has 0 bridgehead atoms. The standard InChI is InChI=1S/C18H20N4O4/c1-11-5-6-12-3-2-4-14(16(12)20-11)26-10-9-19-17(24)13-7-8-15(23)22-18(25)21-13/h2-6,13H,7-10H2,1H3,(H,19,24)(H2,21,22,23,25). The number of benzene rings is 1. The maximum Gasteiger partial charge on any atom is 0.322 e. The molecule has 1 aliphatic rings. The number of nitrogens with zero attached hydrogens (tertiary/aromatic N) is 1. The zero-order chi connectivity index (χ0) is 18.5. The van der Waals surface area contributed by atoms with E-state index >= 15 is 0 Å². The lowest BCUT2D eigenvalue weighted by Gasteiger charge is -2.15. The summed E-state index contributed by atoms with van der Waals surface area (Å²) in [6, 6.07) is 8.21. The number of hydrogen-bond acceptors (Lipinski definition) is 5. The van der Waals surface area contributed by atoms with Crippen LogP contribution in [0.3, 0.4) is 0 Å². The fourth-order valence-electron chi connectivity index (χ4n) is 2.72. The number of carbonyl (C=O) groups is 3. The Morgan fingerprint density at radius 1 is 1.31 bits per heavy atom. The molecule has 3 rings (SSSR count). The second-order valence-electron chi connectivity index (χ2n) is 6.03. The lowest BCUT2D eigenvalue weighted by atomic mass is 10.1. The Labute approximate surface area is 150 Å². The highest BCUT2D eigenvalue weighted by molar-refractivity contribution is 5.98. The van der Waals surface area contributed by atoms with Crippen molar-refractivity contribution in [3.8, 4) is 5.75 Å². The predicted molar refractivity (Wildman–Crippen MR) is 94.7 cm³/mol. The van der Waals surface area contributed by atoms with E-state index in [9.17, 15) is 14.4 Å². The summed E-state index contributed by atoms with van der Waals surface area (Å²) in [5.74, 6) is -0.0803. The van der Waals surface area contributed by atoms with Crippen molar-refractivity contribution < 1.29 is 19.1 Å². The van der Waals surface area contributed by atoms with Gasteiger partial charge in [0.25, 0.3) is 0 Å². The van der Waals surface area contributed by atoms with E-state index in [1.54, 1.807) is 0 Å². The van der Waals surface area contributed by atoms with Gasteiger partial charge in [-0.1, -0.05) is 18.2 Å². The van der Waals surface area contributed by atoms with Crippen LogP contribution in [0, 0.1) is 6.92 Å². The van der Waals surface area contributed by atoms with Crippen molar-refractivity contribution in [2.24, 2.45) is 0 Å². The number of hydrogen-bond donors (Lipinski definition) is 3. The highest BCUT2D eigenvalue weighted by Gasteiger charge is 2.25. The molecular weight excluding hydrogens is 336 g/mol. The van der Waals surface area contributed by atoms with E-state index in [1.165, 1.54) is 0 Å². The lowest BCUT2D eigenvalue weighted by molar-refractivity contribution is -0.123. The first-order valence-corrected chi connectivity index (χ1v) is 8.40. The largest absolute Gasteiger partial charge is 0.489 e. The predicted octanol–water partition coefficient (Wildman–Crippen LogP) is 1.03. The SMILES string of the molecule is Cc1ccc2cccc(OCCNC(=O)C3CCC(=O)NC(=O)N3)c2n1. The second kappa shape index (κ2) is 7.81. The van der Waals surface area contributed by atoms with Gasteiger partial charge in [0.2, 0.25) is 11.8 Å². The van der Waals surface area contributed by atoms with Crippen LogP contribution in [0.2, 0.25) is 0 Å². The van der Waals surface area contributed by atoms with Crippen LogP contribution in [0.25, 0.3) is 10.9 Å². The van der Waals surface area contributed by atoms with E-state index in [-0.39, 0.29) is 37.8 Å². The molecule has 26 heavy (non-hydrogen) atoms. The molecule has 1 aromatic heterocycles. The monoisotopic (exact) mass is 356 g/mol. The third-order valence-electron chi connectivity index (χ3n) is 4.02. The summed E-state index contributed by atoms with van der Waals surface area (Å²) in [6.45, 7) is 2.45. The smallest absolute Gasteiger partial charge is 0.322 e. The zero-order valence-corrected chi connectivity index (χ0v) is 14.4. The molecule has 136 valence electrons. The van der Waals surface area contributed by atoms with Crippen LogP contribution in [-0.2, 0) is 9.59 Å². The highest BCUT2D eigenvalue weighted by atomic mass is 16.5. The first-order valence-electron chi connectivity index (χ1n) is 8.40. The zero-order valence-electron chi connectivity index (χ0n) is 14.4. The van der Waals surface area contributed by atoms with E-state index in [2.05, 4.69) is 20.9 Å². The molecule has 1 atom stereocenters. The number of imide groups is 1. The van der Waals surface area contributed by atoms with Crippen LogP contribution in [0.5, 0.6) is 5.75 Å². The van der Waals surface area contributed by atoms with Gasteiger partial charge in [-0.2, -0.15) is 0 Å². The molecule has 0 saturated carbocycles. The first-order chi connectivity index (χ1) is 12.5. The van der Waals surface area contributed by atoms with Gasteiger partial charge in [0.1, 0.15) is 23.9 Å². The second-order valence-corrected chi connectivity index (χ2v) is 6.03. The number of para-hydroxylation sites is 1. The molecule has 0 aliphatic carbocycles. The molecule has 1 aliphatic heterocycles. The van der Waals surface area contributed by atoms with Crippen LogP contribution in [0.4, 0.5) is 4.79 Å². The van der Waals surface area contributed by atoms with Crippen molar-refractivity contribution in [2.75, 3.05) is 13.2 Å². The molecule has 1 fully saturated rings. The van der Waals surface area contributed by atoms with Gasteiger partial charge in [-0.15, -0.1) is 0 Å². The Morgan fingerprint density at radius 2 is 2.15 bits per heavy atom. The summed E-state index contributed by atoms with van der Waals surface area (Å²) in [4.78, 5) is 39.3. The number of ether oxygens (including phenoxy) is 1. The Morgan fingerprint density at radius 3 is 3.00 bits per heavy atom. The van der Waals surface area contributed by atoms with Crippen molar-refractivity contribution in [1.82, 2.24) is 20.9 Å². The number of carbonyl (C=O) groups excluding carboxylic acids is 3. The summed E-state index contributed by atoms with van der Waals surface area (Å²) in [7, 11) is 0. The Bertz CT molecular complexity index is 852. The van der Waals surface area contributed by atoms with Crippen molar-refractivity contribution in [3.63, 3.8) is 0 Å². The fraction of sp³-hybridized carbons (Fsp3) is 0.333. The first kappa shape index (κ1) is 17.7. The molecule has 4 amide bonds. The van der Waals surface area contributed by atoms with Gasteiger partial charge in [0, 0.05) is 17.5 Å². The molecule has 8 heteroatoms. The van der Waals surface area contributed by atoms with Gasteiger partial charge >= 0.3 is 6.03 Å². The summed E-state index contributed by atoms with van der Waals surface area (Å²) in [6.07, 6.45) is 0.380. The average Bonchev–Trinajstić information content (AvgIpc) is 2.79. The van der Waals surface area contributed by atoms with Gasteiger partial charge in [0.15, 0.2) is 0 Å². The molecule has 1 unspecified atom stereocenters. The molecular formula is C18H20N4O4. The summed E-state index contributed by atoms with van der Waals surface area (Å²) in [5, 5.41) is 8.29. The van der Waals surface area contributed by atoms with E-state index in [0.29, 0.717) is 5.75 Å². The van der Waals surface area contributed by atoms with Gasteiger partial charge in [0.05, 0.1) is 6.54 Å². The minimum atomic E-state index is -0.733. The fourth-order valence-corrected chi connectivity index (χ4v) is 2.72. The average molecular weight is 356 g/mol. The molecule has 3 N–H and O–H groups in total. The Kier molecular flexibility index (Phi) is 5.31. The van der Waals surface area contributed by atoms with Crippen molar-refractivity contribution in [2.45, 2.75) is 25.8 Å². The van der Waals surface area contributed by atoms with Crippen molar-refractivity contribution in [1.29, 1.82) is 0 Å². The summed E-state index contributed by atoms with van der Waals surface area (Å²) >= 11 is 0.